The Morgan fingerprint density at radius 1 is 0.906 bits per heavy atom. The molecule has 0 aliphatic heterocycles. The predicted octanol–water partition coefficient (Wildman–Crippen LogP) is 2.58. The molecule has 0 saturated carbocycles. The van der Waals surface area contributed by atoms with Crippen molar-refractivity contribution in [3.8, 4) is 0 Å². The van der Waals surface area contributed by atoms with Gasteiger partial charge in [-0.2, -0.15) is 0 Å². The Labute approximate surface area is 197 Å². The summed E-state index contributed by atoms with van der Waals surface area (Å²) < 4.78 is 0. The fourth-order valence-electron chi connectivity index (χ4n) is 2.61. The van der Waals surface area contributed by atoms with Gasteiger partial charge in [-0.1, -0.05) is 57.3 Å². The van der Waals surface area contributed by atoms with E-state index in [0.29, 0.717) is 10.3 Å². The molecule has 2 amide bonds. The van der Waals surface area contributed by atoms with Crippen LogP contribution in [0, 0.1) is 11.3 Å². The van der Waals surface area contributed by atoms with Crippen LogP contribution < -0.4 is 22.1 Å². The molecule has 2 aromatic heterocycles. The third-order valence-corrected chi connectivity index (χ3v) is 7.28. The summed E-state index contributed by atoms with van der Waals surface area (Å²) in [5, 5.41) is 24.5. The van der Waals surface area contributed by atoms with Crippen LogP contribution >= 0.6 is 22.7 Å². The highest BCUT2D eigenvalue weighted by molar-refractivity contribution is 7.15. The molecule has 10 nitrogen and oxygen atoms in total. The van der Waals surface area contributed by atoms with E-state index in [9.17, 15) is 9.59 Å². The zero-order valence-electron chi connectivity index (χ0n) is 19.3. The van der Waals surface area contributed by atoms with E-state index in [4.69, 9.17) is 11.5 Å². The minimum absolute atomic E-state index is 0.0523. The van der Waals surface area contributed by atoms with Gasteiger partial charge in [-0.3, -0.25) is 20.2 Å². The maximum Gasteiger partial charge on any atom is 0.243 e. The van der Waals surface area contributed by atoms with E-state index < -0.39 is 12.1 Å². The molecule has 2 atom stereocenters. The molecule has 12 heteroatoms. The van der Waals surface area contributed by atoms with Gasteiger partial charge < -0.3 is 11.5 Å². The number of nitrogens with zero attached hydrogens (tertiary/aromatic N) is 4. The van der Waals surface area contributed by atoms with Crippen LogP contribution in [-0.4, -0.2) is 44.3 Å². The van der Waals surface area contributed by atoms with Gasteiger partial charge in [0.15, 0.2) is 0 Å². The number of unbranched alkanes of at least 4 members (excludes halogenated alkanes) is 1. The van der Waals surface area contributed by atoms with Crippen molar-refractivity contribution in [3.05, 3.63) is 10.0 Å². The standard InChI is InChI=1S/C20H34N8O2S2/c1-6-20(4,5)15(22)17(30)24-19-28-26-13(32-19)10-8-7-9-12-25-27-18(31-12)23-16(29)14(21)11(2)3/h11,14-15H,6-10,21-22H2,1-5H3,(H,23,27,29)(H,24,28,30)/t14-,15+/m0/s1. The number of hydrogen-bond donors (Lipinski definition) is 4. The van der Waals surface area contributed by atoms with E-state index in [2.05, 4.69) is 31.0 Å². The normalized spacial score (nSPS) is 13.8. The monoisotopic (exact) mass is 482 g/mol. The molecule has 32 heavy (non-hydrogen) atoms. The van der Waals surface area contributed by atoms with Gasteiger partial charge in [-0.25, -0.2) is 0 Å². The van der Waals surface area contributed by atoms with Gasteiger partial charge in [0.2, 0.25) is 22.1 Å². The largest absolute Gasteiger partial charge is 0.320 e. The molecular weight excluding hydrogens is 448 g/mol. The Hall–Kier alpha value is -2.02. The summed E-state index contributed by atoms with van der Waals surface area (Å²) in [5.41, 5.74) is 11.6. The van der Waals surface area contributed by atoms with Gasteiger partial charge in [-0.05, 0) is 30.6 Å². The summed E-state index contributed by atoms with van der Waals surface area (Å²) >= 11 is 2.72. The molecule has 0 spiro atoms. The van der Waals surface area contributed by atoms with Gasteiger partial charge in [0.05, 0.1) is 12.1 Å². The predicted molar refractivity (Wildman–Crippen MR) is 129 cm³/mol. The number of anilines is 2. The fourth-order valence-corrected chi connectivity index (χ4v) is 4.18. The highest BCUT2D eigenvalue weighted by Gasteiger charge is 2.30. The summed E-state index contributed by atoms with van der Waals surface area (Å²) in [6.07, 6.45) is 4.10. The molecule has 0 unspecified atom stereocenters. The molecule has 2 aromatic rings. The van der Waals surface area contributed by atoms with Crippen molar-refractivity contribution in [1.82, 2.24) is 20.4 Å². The Balaban J connectivity index is 1.74. The molecular formula is C20H34N8O2S2. The van der Waals surface area contributed by atoms with Crippen LogP contribution in [0.3, 0.4) is 0 Å². The third kappa shape index (κ3) is 7.54. The number of aryl methyl sites for hydroxylation is 2. The first kappa shape index (κ1) is 26.2. The minimum Gasteiger partial charge on any atom is -0.320 e. The SMILES string of the molecule is CCC(C)(C)[C@H](N)C(=O)Nc1nnc(CCCCc2nnc(NC(=O)[C@@H](N)C(C)C)s2)s1. The quantitative estimate of drug-likeness (QED) is 0.335. The Morgan fingerprint density at radius 3 is 1.81 bits per heavy atom. The maximum atomic E-state index is 12.3. The molecule has 0 aliphatic carbocycles. The number of carbonyl (C=O) groups is 2. The summed E-state index contributed by atoms with van der Waals surface area (Å²) in [4.78, 5) is 24.4. The van der Waals surface area contributed by atoms with Crippen LogP contribution in [0.2, 0.25) is 0 Å². The fraction of sp³-hybridized carbons (Fsp3) is 0.700. The van der Waals surface area contributed by atoms with Crippen molar-refractivity contribution >= 4 is 44.8 Å². The molecule has 178 valence electrons. The lowest BCUT2D eigenvalue weighted by atomic mass is 9.82. The average molecular weight is 483 g/mol. The van der Waals surface area contributed by atoms with E-state index in [1.165, 1.54) is 22.7 Å². The van der Waals surface area contributed by atoms with E-state index in [-0.39, 0.29) is 23.1 Å². The molecule has 0 aliphatic rings. The first-order valence-electron chi connectivity index (χ1n) is 10.8. The van der Waals surface area contributed by atoms with Gasteiger partial charge in [0, 0.05) is 12.8 Å². The zero-order chi connectivity index (χ0) is 23.9. The maximum absolute atomic E-state index is 12.3. The van der Waals surface area contributed by atoms with Crippen LogP contribution in [0.5, 0.6) is 0 Å². The van der Waals surface area contributed by atoms with Crippen molar-refractivity contribution in [2.24, 2.45) is 22.8 Å². The number of nitrogens with one attached hydrogen (secondary N) is 2. The smallest absolute Gasteiger partial charge is 0.243 e. The van der Waals surface area contributed by atoms with E-state index in [0.717, 1.165) is 42.1 Å². The van der Waals surface area contributed by atoms with Crippen molar-refractivity contribution in [3.63, 3.8) is 0 Å². The summed E-state index contributed by atoms with van der Waals surface area (Å²) in [6.45, 7) is 9.74. The van der Waals surface area contributed by atoms with E-state index >= 15 is 0 Å². The topological polar surface area (TPSA) is 162 Å². The first-order valence-corrected chi connectivity index (χ1v) is 12.4. The molecule has 0 saturated heterocycles. The highest BCUT2D eigenvalue weighted by atomic mass is 32.1. The van der Waals surface area contributed by atoms with Crippen LogP contribution in [0.25, 0.3) is 0 Å². The third-order valence-electron chi connectivity index (χ3n) is 5.48. The van der Waals surface area contributed by atoms with E-state index in [1.54, 1.807) is 0 Å². The molecule has 0 radical (unpaired) electrons. The number of rotatable bonds is 12. The lowest BCUT2D eigenvalue weighted by Crippen LogP contribution is -2.46. The number of nitrogens with two attached hydrogens (primary N) is 2. The van der Waals surface area contributed by atoms with Gasteiger partial charge in [0.1, 0.15) is 10.0 Å². The second-order valence-electron chi connectivity index (χ2n) is 8.78. The average Bonchev–Trinajstić information content (AvgIpc) is 3.39. The molecule has 0 fully saturated rings. The Bertz CT molecular complexity index is 896. The van der Waals surface area contributed by atoms with Crippen LogP contribution in [0.1, 0.15) is 63.9 Å². The highest BCUT2D eigenvalue weighted by Crippen LogP contribution is 2.25. The van der Waals surface area contributed by atoms with Crippen LogP contribution in [-0.2, 0) is 22.4 Å². The molecule has 2 heterocycles. The van der Waals surface area contributed by atoms with E-state index in [1.807, 2.05) is 34.6 Å². The van der Waals surface area contributed by atoms with Gasteiger partial charge in [-0.15, -0.1) is 20.4 Å². The van der Waals surface area contributed by atoms with Crippen molar-refractivity contribution in [2.75, 3.05) is 10.6 Å². The Kier molecular flexibility index (Phi) is 9.62. The van der Waals surface area contributed by atoms with Gasteiger partial charge >= 0.3 is 0 Å². The second-order valence-corrected chi connectivity index (χ2v) is 10.9. The number of amides is 2. The van der Waals surface area contributed by atoms with Crippen LogP contribution in [0.4, 0.5) is 10.3 Å². The van der Waals surface area contributed by atoms with Crippen molar-refractivity contribution in [2.45, 2.75) is 78.8 Å². The summed E-state index contributed by atoms with van der Waals surface area (Å²) in [5.74, 6) is -0.439. The van der Waals surface area contributed by atoms with Crippen LogP contribution in [0.15, 0.2) is 0 Å². The lowest BCUT2D eigenvalue weighted by molar-refractivity contribution is -0.120. The van der Waals surface area contributed by atoms with Crippen molar-refractivity contribution < 1.29 is 9.59 Å². The summed E-state index contributed by atoms with van der Waals surface area (Å²) in [7, 11) is 0. The molecule has 0 bridgehead atoms. The number of hydrogen-bond acceptors (Lipinski definition) is 10. The van der Waals surface area contributed by atoms with Crippen molar-refractivity contribution in [1.29, 1.82) is 0 Å². The molecule has 6 N–H and O–H groups in total. The molecule has 2 rings (SSSR count). The molecule has 0 aromatic carbocycles. The first-order chi connectivity index (χ1) is 15.0. The second kappa shape index (κ2) is 11.7. The lowest BCUT2D eigenvalue weighted by Gasteiger charge is -2.28. The zero-order valence-corrected chi connectivity index (χ0v) is 21.0. The van der Waals surface area contributed by atoms with Gasteiger partial charge in [0.25, 0.3) is 0 Å². The number of aromatic nitrogens is 4. The Morgan fingerprint density at radius 2 is 1.38 bits per heavy atom. The number of carbonyl (C=O) groups excluding carboxylic acids is 2. The minimum atomic E-state index is -0.609. The summed E-state index contributed by atoms with van der Waals surface area (Å²) in [6, 6.07) is -1.18.